The first-order valence-corrected chi connectivity index (χ1v) is 38.3. The van der Waals surface area contributed by atoms with Gasteiger partial charge in [0.25, 0.3) is 0 Å². The van der Waals surface area contributed by atoms with Gasteiger partial charge in [-0.05, 0) is 205 Å². The molecule has 0 atom stereocenters. The van der Waals surface area contributed by atoms with Gasteiger partial charge >= 0.3 is 0 Å². The molecule has 16 aromatic carbocycles. The van der Waals surface area contributed by atoms with Crippen molar-refractivity contribution in [1.82, 2.24) is 33.6 Å². The predicted molar refractivity (Wildman–Crippen MR) is 472 cm³/mol. The number of nitrogens with zero attached hydrogens (tertiary/aromatic N) is 11. The van der Waals surface area contributed by atoms with E-state index in [1.807, 2.05) is 54.6 Å². The lowest BCUT2D eigenvalue weighted by Crippen LogP contribution is -2.15. The van der Waals surface area contributed by atoms with Crippen LogP contribution in [0.25, 0.3) is 115 Å². The van der Waals surface area contributed by atoms with E-state index in [0.29, 0.717) is 0 Å². The Morgan fingerprint density at radius 1 is 0.232 bits per heavy atom. The number of imidazole rings is 3. The monoisotopic (exact) mass is 1470 g/mol. The van der Waals surface area contributed by atoms with Crippen molar-refractivity contribution in [2.75, 3.05) is 47.8 Å². The van der Waals surface area contributed by atoms with Crippen molar-refractivity contribution >= 4 is 122 Å². The fourth-order valence-corrected chi connectivity index (χ4v) is 15.5. The van der Waals surface area contributed by atoms with Crippen molar-refractivity contribution in [3.63, 3.8) is 0 Å². The lowest BCUT2D eigenvalue weighted by Gasteiger charge is -2.22. The van der Waals surface area contributed by atoms with Gasteiger partial charge in [0.15, 0.2) is 0 Å². The lowest BCUT2D eigenvalue weighted by molar-refractivity contribution is 1.01. The molecular formula is C100H79N11S. The molecule has 0 N–H and O–H groups in total. The fourth-order valence-electron chi connectivity index (χ4n) is 14.5. The highest BCUT2D eigenvalue weighted by atomic mass is 32.1. The molecule has 0 fully saturated rings. The number of para-hydroxylation sites is 12. The molecule has 4 aromatic heterocycles. The number of rotatable bonds is 14. The van der Waals surface area contributed by atoms with Crippen molar-refractivity contribution in [2.45, 2.75) is 0 Å². The van der Waals surface area contributed by atoms with E-state index in [9.17, 15) is 0 Å². The van der Waals surface area contributed by atoms with E-state index in [4.69, 9.17) is 19.9 Å². The van der Waals surface area contributed by atoms with Gasteiger partial charge in [0.05, 0.1) is 49.0 Å². The van der Waals surface area contributed by atoms with Crippen LogP contribution in [0.2, 0.25) is 0 Å². The van der Waals surface area contributed by atoms with Crippen LogP contribution in [-0.4, -0.2) is 61.8 Å². The summed E-state index contributed by atoms with van der Waals surface area (Å²) in [4.78, 5) is 28.4. The summed E-state index contributed by atoms with van der Waals surface area (Å²) < 4.78 is 7.91. The minimum atomic E-state index is 0.902. The average molecular weight is 1470 g/mol. The van der Waals surface area contributed by atoms with Gasteiger partial charge in [0, 0.05) is 107 Å². The molecule has 0 spiro atoms. The van der Waals surface area contributed by atoms with Crippen LogP contribution >= 0.6 is 11.3 Å². The molecule has 0 amide bonds. The van der Waals surface area contributed by atoms with Crippen molar-refractivity contribution < 1.29 is 0 Å². The molecule has 20 rings (SSSR count). The summed E-state index contributed by atoms with van der Waals surface area (Å²) in [6, 6.07) is 141. The molecule has 0 aliphatic rings. The van der Waals surface area contributed by atoms with Crippen molar-refractivity contribution in [2.24, 2.45) is 0 Å². The van der Waals surface area contributed by atoms with Crippen LogP contribution in [0.5, 0.6) is 0 Å². The average Bonchev–Trinajstić information content (AvgIpc) is 1.59. The van der Waals surface area contributed by atoms with E-state index in [1.54, 1.807) is 11.3 Å². The number of anilines is 8. The van der Waals surface area contributed by atoms with E-state index in [-0.39, 0.29) is 0 Å². The van der Waals surface area contributed by atoms with Gasteiger partial charge < -0.3 is 19.6 Å². The molecule has 0 radical (unpaired) electrons. The third-order valence-corrected chi connectivity index (χ3v) is 21.5. The number of hydrogen-bond acceptors (Lipinski definition) is 9. The second-order valence-corrected chi connectivity index (χ2v) is 28.3. The Kier molecular flexibility index (Phi) is 20.2. The minimum absolute atomic E-state index is 0.902. The maximum Gasteiger partial charge on any atom is 0.215 e. The summed E-state index contributed by atoms with van der Waals surface area (Å²) in [6.07, 6.45) is 0. The molecular weight excluding hydrogens is 1390 g/mol. The summed E-state index contributed by atoms with van der Waals surface area (Å²) in [5.41, 5.74) is 22.2. The first kappa shape index (κ1) is 70.5. The van der Waals surface area contributed by atoms with Gasteiger partial charge in [0.2, 0.25) is 5.95 Å². The summed E-state index contributed by atoms with van der Waals surface area (Å²) in [7, 11) is 8.38. The third kappa shape index (κ3) is 14.6. The van der Waals surface area contributed by atoms with Crippen molar-refractivity contribution in [3.05, 3.63) is 406 Å². The van der Waals surface area contributed by atoms with Crippen LogP contribution in [0, 0.1) is 0 Å². The summed E-state index contributed by atoms with van der Waals surface area (Å²) >= 11 is 1.74. The van der Waals surface area contributed by atoms with Crippen LogP contribution < -0.4 is 19.6 Å². The number of aromatic nitrogens is 7. The molecule has 0 saturated heterocycles. The zero-order valence-corrected chi connectivity index (χ0v) is 63.3. The van der Waals surface area contributed by atoms with Crippen LogP contribution in [0.1, 0.15) is 0 Å². The smallest absolute Gasteiger partial charge is 0.215 e. The Labute approximate surface area is 656 Å². The third-order valence-electron chi connectivity index (χ3n) is 20.4. The lowest BCUT2D eigenvalue weighted by atomic mass is 10.1. The van der Waals surface area contributed by atoms with E-state index in [2.05, 4.69) is 413 Å². The molecule has 0 saturated carbocycles. The normalized spacial score (nSPS) is 11.0. The Hall–Kier alpha value is -14.5. The molecule has 112 heavy (non-hydrogen) atoms. The van der Waals surface area contributed by atoms with Gasteiger partial charge in [-0.2, -0.15) is 0 Å². The highest BCUT2D eigenvalue weighted by molar-refractivity contribution is 7.21. The predicted octanol–water partition coefficient (Wildman–Crippen LogP) is 25.8. The van der Waals surface area contributed by atoms with Gasteiger partial charge in [-0.15, -0.1) is 11.3 Å². The van der Waals surface area contributed by atoms with Gasteiger partial charge in [-0.25, -0.2) is 19.9 Å². The molecule has 0 unspecified atom stereocenters. The Balaban J connectivity index is 0.000000109. The largest absolute Gasteiger partial charge is 0.345 e. The van der Waals surface area contributed by atoms with Crippen molar-refractivity contribution in [1.29, 1.82) is 0 Å². The highest BCUT2D eigenvalue weighted by Crippen LogP contribution is 2.39. The number of hydrogen-bond donors (Lipinski definition) is 0. The van der Waals surface area contributed by atoms with Gasteiger partial charge in [-0.1, -0.05) is 212 Å². The standard InChI is InChI=1S/C30H23N3.C26H21N3.C24H19N3.C20H16N2S/c1-32(28-17-9-11-22-10-5-6-14-26(22)28)24-20-18-23(19-21-24)30-31-27-15-7-8-16-29(27)33(30)25-12-3-2-4-13-25;1-28(21-10-4-2-5-11-21)22-18-16-20(17-19-22)26-27-24-14-8-9-15-25(24)29(26)23-12-6-3-7-13-23;1-26(22-17-9-11-18-10-5-6-14-20(18)22)24-25-21-15-7-8-16-23(21)27(24)19-12-3-2-4-13-19;1-22(16-7-3-2-4-8-16)17-13-11-15(12-14-17)20-21-18-9-5-6-10-19(18)23-20/h2-21H,1H3;2-19H,1H3;2-17H,1H3;2-14H,1H3. The van der Waals surface area contributed by atoms with E-state index in [1.165, 1.54) is 43.3 Å². The summed E-state index contributed by atoms with van der Waals surface area (Å²) in [6.45, 7) is 0. The van der Waals surface area contributed by atoms with Crippen LogP contribution in [0.3, 0.4) is 0 Å². The first-order chi connectivity index (χ1) is 55.2. The topological polar surface area (TPSA) is 79.3 Å². The molecule has 0 aliphatic heterocycles. The number of benzene rings is 16. The van der Waals surface area contributed by atoms with E-state index >= 15 is 0 Å². The molecule has 12 heteroatoms. The number of thiazole rings is 1. The quantitative estimate of drug-likeness (QED) is 0.107. The van der Waals surface area contributed by atoms with E-state index in [0.717, 1.165) is 118 Å². The molecule has 0 bridgehead atoms. The molecule has 540 valence electrons. The Morgan fingerprint density at radius 3 is 1.00 bits per heavy atom. The second kappa shape index (κ2) is 32.2. The zero-order valence-electron chi connectivity index (χ0n) is 62.5. The van der Waals surface area contributed by atoms with Crippen molar-refractivity contribution in [3.8, 4) is 50.4 Å². The molecule has 20 aromatic rings. The molecule has 4 heterocycles. The van der Waals surface area contributed by atoms with Gasteiger partial charge in [0.1, 0.15) is 16.7 Å². The maximum atomic E-state index is 4.98. The fraction of sp³-hybridized carbons (Fsp3) is 0.0400. The van der Waals surface area contributed by atoms with Crippen LogP contribution in [-0.2, 0) is 0 Å². The van der Waals surface area contributed by atoms with Crippen LogP contribution in [0.4, 0.5) is 45.8 Å². The first-order valence-electron chi connectivity index (χ1n) is 37.5. The maximum absolute atomic E-state index is 4.98. The molecule has 11 nitrogen and oxygen atoms in total. The second-order valence-electron chi connectivity index (χ2n) is 27.3. The number of fused-ring (bicyclic) bond motifs is 6. The van der Waals surface area contributed by atoms with Gasteiger partial charge in [-0.3, -0.25) is 13.7 Å². The summed E-state index contributed by atoms with van der Waals surface area (Å²) in [5.74, 6) is 2.80. The zero-order chi connectivity index (χ0) is 75.7. The summed E-state index contributed by atoms with van der Waals surface area (Å²) in [5, 5.41) is 6.01. The Morgan fingerprint density at radius 2 is 0.554 bits per heavy atom. The molecule has 0 aliphatic carbocycles. The highest BCUT2D eigenvalue weighted by Gasteiger charge is 2.21. The van der Waals surface area contributed by atoms with E-state index < -0.39 is 0 Å². The Bertz CT molecular complexity index is 6520. The minimum Gasteiger partial charge on any atom is -0.345 e. The van der Waals surface area contributed by atoms with Crippen LogP contribution in [0.15, 0.2) is 406 Å². The SMILES string of the molecule is CN(c1ccc(-c2nc3ccccc3n2-c2ccccc2)cc1)c1cccc2ccccc12.CN(c1cccc2ccccc12)c1nc2ccccc2n1-c1ccccc1.CN(c1ccccc1)c1ccc(-c2nc3ccccc3n2-c2ccccc2)cc1.CN(c1ccccc1)c1ccc(-c2nc3ccccc3s2)cc1.